The van der Waals surface area contributed by atoms with E-state index in [2.05, 4.69) is 43.1 Å². The highest BCUT2D eigenvalue weighted by Gasteiger charge is 2.53. The lowest BCUT2D eigenvalue weighted by Crippen LogP contribution is -2.45. The maximum absolute atomic E-state index is 6.33. The van der Waals surface area contributed by atoms with Crippen LogP contribution in [0.25, 0.3) is 10.9 Å². The van der Waals surface area contributed by atoms with E-state index in [0.29, 0.717) is 0 Å². The van der Waals surface area contributed by atoms with E-state index in [4.69, 9.17) is 5.73 Å². The van der Waals surface area contributed by atoms with Crippen molar-refractivity contribution in [1.29, 1.82) is 0 Å². The molecule has 2 aromatic rings. The molecule has 0 radical (unpaired) electrons. The molecule has 1 fully saturated rings. The molecule has 1 heterocycles. The van der Waals surface area contributed by atoms with Gasteiger partial charge in [0.25, 0.3) is 0 Å². The Bertz CT molecular complexity index is 562. The SMILES string of the molecule is CC(C)(N)C1(c2ccc3cccnc3c2)CC1. The quantitative estimate of drug-likeness (QED) is 0.855. The van der Waals surface area contributed by atoms with Crippen LogP contribution in [0.2, 0.25) is 0 Å². The summed E-state index contributed by atoms with van der Waals surface area (Å²) in [4.78, 5) is 4.42. The minimum absolute atomic E-state index is 0.157. The summed E-state index contributed by atoms with van der Waals surface area (Å²) in [6, 6.07) is 10.6. The smallest absolute Gasteiger partial charge is 0.0704 e. The molecular weight excluding hydrogens is 208 g/mol. The fraction of sp³-hybridized carbons (Fsp3) is 0.400. The molecule has 1 aromatic heterocycles. The van der Waals surface area contributed by atoms with E-state index in [1.807, 2.05) is 12.3 Å². The standard InChI is InChI=1S/C15H18N2/c1-14(2,16)15(7-8-15)12-6-5-11-4-3-9-17-13(11)10-12/h3-6,9-10H,7-8,16H2,1-2H3. The number of hydrogen-bond donors (Lipinski definition) is 1. The molecule has 2 heteroatoms. The summed E-state index contributed by atoms with van der Waals surface area (Å²) in [6.07, 6.45) is 4.23. The molecule has 1 saturated carbocycles. The zero-order chi connectivity index (χ0) is 12.1. The minimum Gasteiger partial charge on any atom is -0.325 e. The van der Waals surface area contributed by atoms with Gasteiger partial charge in [-0.1, -0.05) is 18.2 Å². The van der Waals surface area contributed by atoms with Crippen LogP contribution in [0.4, 0.5) is 0 Å². The largest absolute Gasteiger partial charge is 0.325 e. The molecule has 1 aromatic carbocycles. The van der Waals surface area contributed by atoms with E-state index in [9.17, 15) is 0 Å². The van der Waals surface area contributed by atoms with Crippen LogP contribution in [-0.4, -0.2) is 10.5 Å². The number of pyridine rings is 1. The number of rotatable bonds is 2. The fourth-order valence-corrected chi connectivity index (χ4v) is 2.79. The van der Waals surface area contributed by atoms with Crippen LogP contribution < -0.4 is 5.73 Å². The number of hydrogen-bond acceptors (Lipinski definition) is 2. The monoisotopic (exact) mass is 226 g/mol. The van der Waals surface area contributed by atoms with E-state index in [-0.39, 0.29) is 11.0 Å². The Kier molecular flexibility index (Phi) is 2.08. The highest BCUT2D eigenvalue weighted by atomic mass is 14.8. The van der Waals surface area contributed by atoms with Gasteiger partial charge in [-0.05, 0) is 44.4 Å². The molecule has 0 atom stereocenters. The first kappa shape index (κ1) is 10.7. The second kappa shape index (κ2) is 3.30. The van der Waals surface area contributed by atoms with Gasteiger partial charge in [0.05, 0.1) is 5.52 Å². The highest BCUT2D eigenvalue weighted by Crippen LogP contribution is 2.54. The highest BCUT2D eigenvalue weighted by molar-refractivity contribution is 5.79. The van der Waals surface area contributed by atoms with Crippen LogP contribution in [-0.2, 0) is 5.41 Å². The van der Waals surface area contributed by atoms with E-state index in [0.717, 1.165) is 5.52 Å². The molecule has 2 nitrogen and oxygen atoms in total. The molecule has 0 unspecified atom stereocenters. The Morgan fingerprint density at radius 2 is 2.00 bits per heavy atom. The van der Waals surface area contributed by atoms with Crippen molar-refractivity contribution in [3.8, 4) is 0 Å². The number of nitrogens with zero attached hydrogens (tertiary/aromatic N) is 1. The summed E-state index contributed by atoms with van der Waals surface area (Å²) in [5, 5.41) is 1.20. The van der Waals surface area contributed by atoms with Crippen LogP contribution in [0.3, 0.4) is 0 Å². The normalized spacial score (nSPS) is 18.3. The Labute approximate surface area is 102 Å². The second-order valence-corrected chi connectivity index (χ2v) is 5.71. The summed E-state index contributed by atoms with van der Waals surface area (Å²) in [7, 11) is 0. The van der Waals surface area contributed by atoms with Crippen molar-refractivity contribution in [3.63, 3.8) is 0 Å². The first-order valence-electron chi connectivity index (χ1n) is 6.17. The van der Waals surface area contributed by atoms with Gasteiger partial charge in [-0.2, -0.15) is 0 Å². The van der Waals surface area contributed by atoms with Crippen molar-refractivity contribution in [1.82, 2.24) is 4.98 Å². The third-order valence-electron chi connectivity index (χ3n) is 4.14. The lowest BCUT2D eigenvalue weighted by Gasteiger charge is -2.31. The summed E-state index contributed by atoms with van der Waals surface area (Å²) in [6.45, 7) is 4.26. The molecule has 2 N–H and O–H groups in total. The summed E-state index contributed by atoms with van der Waals surface area (Å²) in [5.41, 5.74) is 8.75. The van der Waals surface area contributed by atoms with Gasteiger partial charge in [-0.15, -0.1) is 0 Å². The molecular formula is C15H18N2. The zero-order valence-electron chi connectivity index (χ0n) is 10.4. The van der Waals surface area contributed by atoms with Crippen LogP contribution in [0.1, 0.15) is 32.3 Å². The van der Waals surface area contributed by atoms with E-state index in [1.165, 1.54) is 23.8 Å². The van der Waals surface area contributed by atoms with Crippen molar-refractivity contribution in [2.45, 2.75) is 37.6 Å². The number of benzene rings is 1. The molecule has 0 saturated heterocycles. The van der Waals surface area contributed by atoms with Gasteiger partial charge < -0.3 is 5.73 Å². The molecule has 17 heavy (non-hydrogen) atoms. The summed E-state index contributed by atoms with van der Waals surface area (Å²) >= 11 is 0. The van der Waals surface area contributed by atoms with Crippen LogP contribution in [0.15, 0.2) is 36.5 Å². The lowest BCUT2D eigenvalue weighted by molar-refractivity contribution is 0.392. The minimum atomic E-state index is -0.157. The predicted molar refractivity (Wildman–Crippen MR) is 70.9 cm³/mol. The Hall–Kier alpha value is -1.41. The van der Waals surface area contributed by atoms with E-state index >= 15 is 0 Å². The van der Waals surface area contributed by atoms with Gasteiger partial charge in [-0.3, -0.25) is 4.98 Å². The maximum atomic E-state index is 6.33. The predicted octanol–water partition coefficient (Wildman–Crippen LogP) is 3.00. The van der Waals surface area contributed by atoms with Crippen LogP contribution >= 0.6 is 0 Å². The first-order chi connectivity index (χ1) is 8.03. The van der Waals surface area contributed by atoms with Gasteiger partial charge in [-0.25, -0.2) is 0 Å². The topological polar surface area (TPSA) is 38.9 Å². The number of nitrogens with two attached hydrogens (primary N) is 1. The molecule has 0 aliphatic heterocycles. The third-order valence-corrected chi connectivity index (χ3v) is 4.14. The van der Waals surface area contributed by atoms with E-state index in [1.54, 1.807) is 0 Å². The maximum Gasteiger partial charge on any atom is 0.0704 e. The summed E-state index contributed by atoms with van der Waals surface area (Å²) in [5.74, 6) is 0. The van der Waals surface area contributed by atoms with Gasteiger partial charge in [0.1, 0.15) is 0 Å². The molecule has 1 aliphatic rings. The van der Waals surface area contributed by atoms with Gasteiger partial charge in [0.2, 0.25) is 0 Å². The van der Waals surface area contributed by atoms with Crippen LogP contribution in [0, 0.1) is 0 Å². The third kappa shape index (κ3) is 1.55. The van der Waals surface area contributed by atoms with Gasteiger partial charge in [0, 0.05) is 22.5 Å². The van der Waals surface area contributed by atoms with E-state index < -0.39 is 0 Å². The Balaban J connectivity index is 2.13. The van der Waals surface area contributed by atoms with Gasteiger partial charge >= 0.3 is 0 Å². The van der Waals surface area contributed by atoms with Gasteiger partial charge in [0.15, 0.2) is 0 Å². The van der Waals surface area contributed by atoms with Crippen molar-refractivity contribution in [2.75, 3.05) is 0 Å². The van der Waals surface area contributed by atoms with Crippen molar-refractivity contribution in [2.24, 2.45) is 5.73 Å². The number of aromatic nitrogens is 1. The van der Waals surface area contributed by atoms with Crippen molar-refractivity contribution in [3.05, 3.63) is 42.1 Å². The molecule has 0 amide bonds. The molecule has 0 bridgehead atoms. The van der Waals surface area contributed by atoms with Crippen molar-refractivity contribution < 1.29 is 0 Å². The first-order valence-corrected chi connectivity index (χ1v) is 6.17. The number of fused-ring (bicyclic) bond motifs is 1. The lowest BCUT2D eigenvalue weighted by atomic mass is 9.79. The zero-order valence-corrected chi connectivity index (χ0v) is 10.4. The molecule has 1 aliphatic carbocycles. The second-order valence-electron chi connectivity index (χ2n) is 5.71. The average molecular weight is 226 g/mol. The molecule has 0 spiro atoms. The van der Waals surface area contributed by atoms with Crippen molar-refractivity contribution >= 4 is 10.9 Å². The summed E-state index contributed by atoms with van der Waals surface area (Å²) < 4.78 is 0. The Morgan fingerprint density at radius 3 is 2.65 bits per heavy atom. The fourth-order valence-electron chi connectivity index (χ4n) is 2.79. The average Bonchev–Trinajstić information content (AvgIpc) is 3.09. The molecule has 3 rings (SSSR count). The Morgan fingerprint density at radius 1 is 1.24 bits per heavy atom. The van der Waals surface area contributed by atoms with Crippen LogP contribution in [0.5, 0.6) is 0 Å². The molecule has 88 valence electrons.